The van der Waals surface area contributed by atoms with Crippen LogP contribution < -0.4 is 0 Å². The Morgan fingerprint density at radius 2 is 0.981 bits per heavy atom. The van der Waals surface area contributed by atoms with Crippen molar-refractivity contribution in [2.45, 2.75) is 161 Å². The quantitative estimate of drug-likeness (QED) is 0.0216. The fraction of sp³-hybridized carbons (Fsp3) is 0.628. The van der Waals surface area contributed by atoms with Crippen LogP contribution in [0.2, 0.25) is 0 Å². The van der Waals surface area contributed by atoms with Crippen LogP contribution in [-0.4, -0.2) is 41.0 Å². The number of ether oxygens (including phenoxy) is 2. The van der Waals surface area contributed by atoms with Crippen molar-refractivity contribution in [3.05, 3.63) is 85.1 Å². The number of phosphoric acid groups is 1. The molecule has 0 aliphatic carbocycles. The standard InChI is InChI=1S/C43H71O8P/c1-3-5-7-9-11-13-15-17-18-19-20-21-22-23-24-26-27-29-31-33-35-37-42(44)49-39-41(40-50-52(46,47)48)51-43(45)38-36-34-32-30-28-25-16-14-12-10-8-6-4-2/h5-8,10-14,16,25,28,30,32,41H,3-4,9,15,17-24,26-27,29,31,33-40H2,1-2H3,(H2,46,47,48)/b7-5+,8-6+,12-10+,13-11+,16-14+,28-25+,32-30+. The topological polar surface area (TPSA) is 119 Å². The highest BCUT2D eigenvalue weighted by molar-refractivity contribution is 7.46. The van der Waals surface area contributed by atoms with Gasteiger partial charge in [0.05, 0.1) is 6.61 Å². The molecule has 0 saturated carbocycles. The Morgan fingerprint density at radius 1 is 0.519 bits per heavy atom. The molecule has 1 atom stereocenters. The predicted molar refractivity (Wildman–Crippen MR) is 216 cm³/mol. The van der Waals surface area contributed by atoms with Crippen molar-refractivity contribution in [1.29, 1.82) is 0 Å². The van der Waals surface area contributed by atoms with E-state index >= 15 is 0 Å². The van der Waals surface area contributed by atoms with E-state index in [-0.39, 0.29) is 19.4 Å². The molecule has 0 heterocycles. The molecule has 0 aromatic carbocycles. The summed E-state index contributed by atoms with van der Waals surface area (Å²) in [6.45, 7) is 3.36. The van der Waals surface area contributed by atoms with E-state index in [2.05, 4.69) is 48.8 Å². The van der Waals surface area contributed by atoms with Crippen LogP contribution in [0, 0.1) is 0 Å². The van der Waals surface area contributed by atoms with Gasteiger partial charge in [-0.1, -0.05) is 176 Å². The molecule has 296 valence electrons. The fourth-order valence-electron chi connectivity index (χ4n) is 5.15. The third-order valence-corrected chi connectivity index (χ3v) is 8.52. The maximum absolute atomic E-state index is 12.3. The summed E-state index contributed by atoms with van der Waals surface area (Å²) >= 11 is 0. The lowest BCUT2D eigenvalue weighted by Crippen LogP contribution is -2.29. The molecular formula is C43H71O8P. The average molecular weight is 747 g/mol. The molecule has 0 fully saturated rings. The summed E-state index contributed by atoms with van der Waals surface area (Å²) in [5, 5.41) is 0. The van der Waals surface area contributed by atoms with Gasteiger partial charge in [-0.15, -0.1) is 0 Å². The average Bonchev–Trinajstić information content (AvgIpc) is 3.11. The van der Waals surface area contributed by atoms with Gasteiger partial charge in [-0.25, -0.2) is 4.57 Å². The van der Waals surface area contributed by atoms with Gasteiger partial charge in [0.25, 0.3) is 0 Å². The first kappa shape index (κ1) is 49.2. The monoisotopic (exact) mass is 746 g/mol. The van der Waals surface area contributed by atoms with Gasteiger partial charge in [-0.05, 0) is 51.4 Å². The zero-order chi connectivity index (χ0) is 38.2. The number of esters is 2. The third-order valence-electron chi connectivity index (χ3n) is 8.04. The minimum absolute atomic E-state index is 0.112. The minimum Gasteiger partial charge on any atom is -0.462 e. The number of carbonyl (C=O) groups is 2. The molecule has 0 aliphatic heterocycles. The second-order valence-electron chi connectivity index (χ2n) is 13.0. The normalized spacial score (nSPS) is 13.4. The first-order valence-electron chi connectivity index (χ1n) is 19.9. The van der Waals surface area contributed by atoms with E-state index in [4.69, 9.17) is 19.3 Å². The van der Waals surface area contributed by atoms with Gasteiger partial charge in [0.2, 0.25) is 0 Å². The summed E-state index contributed by atoms with van der Waals surface area (Å²) < 4.78 is 26.3. The molecule has 0 rings (SSSR count). The third kappa shape index (κ3) is 40.0. The second-order valence-corrected chi connectivity index (χ2v) is 14.2. The molecule has 0 radical (unpaired) electrons. The van der Waals surface area contributed by atoms with Crippen molar-refractivity contribution in [3.63, 3.8) is 0 Å². The molecule has 0 amide bonds. The van der Waals surface area contributed by atoms with E-state index < -0.39 is 32.5 Å². The van der Waals surface area contributed by atoms with E-state index in [1.165, 1.54) is 70.6 Å². The van der Waals surface area contributed by atoms with Gasteiger partial charge in [-0.3, -0.25) is 14.1 Å². The van der Waals surface area contributed by atoms with Crippen molar-refractivity contribution in [2.24, 2.45) is 0 Å². The van der Waals surface area contributed by atoms with Crippen molar-refractivity contribution in [1.82, 2.24) is 0 Å². The summed E-state index contributed by atoms with van der Waals surface area (Å²) in [7, 11) is -4.77. The van der Waals surface area contributed by atoms with Crippen LogP contribution >= 0.6 is 7.82 Å². The molecule has 0 bridgehead atoms. The minimum atomic E-state index is -4.77. The molecular weight excluding hydrogens is 675 g/mol. The maximum atomic E-state index is 12.3. The van der Waals surface area contributed by atoms with E-state index in [1.807, 2.05) is 54.7 Å². The van der Waals surface area contributed by atoms with Crippen molar-refractivity contribution in [2.75, 3.05) is 13.2 Å². The lowest BCUT2D eigenvalue weighted by molar-refractivity contribution is -0.161. The summed E-state index contributed by atoms with van der Waals surface area (Å²) in [5.74, 6) is -0.978. The van der Waals surface area contributed by atoms with Crippen LogP contribution in [0.4, 0.5) is 0 Å². The number of hydrogen-bond donors (Lipinski definition) is 2. The lowest BCUT2D eigenvalue weighted by Gasteiger charge is -2.18. The highest BCUT2D eigenvalue weighted by Crippen LogP contribution is 2.36. The molecule has 8 nitrogen and oxygen atoms in total. The Bertz CT molecular complexity index is 1110. The lowest BCUT2D eigenvalue weighted by atomic mass is 10.0. The zero-order valence-electron chi connectivity index (χ0n) is 32.4. The van der Waals surface area contributed by atoms with Gasteiger partial charge in [-0.2, -0.15) is 0 Å². The Labute approximate surface area is 316 Å². The Kier molecular flexibility index (Phi) is 35.9. The Morgan fingerprint density at radius 3 is 1.54 bits per heavy atom. The highest BCUT2D eigenvalue weighted by atomic mass is 31.2. The van der Waals surface area contributed by atoms with Crippen LogP contribution in [0.1, 0.15) is 155 Å². The molecule has 52 heavy (non-hydrogen) atoms. The largest absolute Gasteiger partial charge is 0.469 e. The smallest absolute Gasteiger partial charge is 0.462 e. The highest BCUT2D eigenvalue weighted by Gasteiger charge is 2.22. The van der Waals surface area contributed by atoms with Crippen LogP contribution in [0.3, 0.4) is 0 Å². The Hall–Kier alpha value is -2.77. The van der Waals surface area contributed by atoms with Crippen LogP contribution in [0.5, 0.6) is 0 Å². The molecule has 0 aromatic rings. The van der Waals surface area contributed by atoms with E-state index in [9.17, 15) is 14.2 Å². The second kappa shape index (κ2) is 38.0. The molecule has 2 N–H and O–H groups in total. The summed E-state index contributed by atoms with van der Waals surface area (Å²) in [6.07, 6.45) is 50.4. The van der Waals surface area contributed by atoms with Gasteiger partial charge in [0.1, 0.15) is 6.61 Å². The van der Waals surface area contributed by atoms with Crippen molar-refractivity contribution in [3.8, 4) is 0 Å². The number of unbranched alkanes of at least 4 members (excludes halogenated alkanes) is 15. The SMILES string of the molecule is CC/C=C/C=C/C=C/C=C/C=C/CCCC(=O)OC(COC(=O)CCCCCCCCCCCCCCCC/C=C/C/C=C/CC)COP(=O)(O)O. The van der Waals surface area contributed by atoms with Gasteiger partial charge in [0.15, 0.2) is 6.10 Å². The molecule has 0 spiro atoms. The number of phosphoric ester groups is 1. The number of carbonyl (C=O) groups excluding carboxylic acids is 2. The summed E-state index contributed by atoms with van der Waals surface area (Å²) in [5.41, 5.74) is 0. The van der Waals surface area contributed by atoms with Gasteiger partial charge in [0, 0.05) is 12.8 Å². The van der Waals surface area contributed by atoms with Crippen molar-refractivity contribution < 1.29 is 37.9 Å². The molecule has 1 unspecified atom stereocenters. The first-order valence-corrected chi connectivity index (χ1v) is 21.5. The van der Waals surface area contributed by atoms with Crippen LogP contribution in [0.25, 0.3) is 0 Å². The molecule has 0 aromatic heterocycles. The number of rotatable bonds is 35. The first-order chi connectivity index (χ1) is 25.3. The number of allylic oxidation sites excluding steroid dienone is 14. The molecule has 9 heteroatoms. The van der Waals surface area contributed by atoms with Crippen LogP contribution in [0.15, 0.2) is 85.1 Å². The maximum Gasteiger partial charge on any atom is 0.469 e. The Balaban J connectivity index is 3.96. The van der Waals surface area contributed by atoms with Gasteiger partial charge >= 0.3 is 19.8 Å². The van der Waals surface area contributed by atoms with E-state index in [0.29, 0.717) is 19.3 Å². The molecule has 0 saturated heterocycles. The summed E-state index contributed by atoms with van der Waals surface area (Å²) in [6, 6.07) is 0. The fourth-order valence-corrected chi connectivity index (χ4v) is 5.51. The van der Waals surface area contributed by atoms with E-state index in [1.54, 1.807) is 0 Å². The van der Waals surface area contributed by atoms with Crippen LogP contribution in [-0.2, 0) is 28.2 Å². The molecule has 0 aliphatic rings. The summed E-state index contributed by atoms with van der Waals surface area (Å²) in [4.78, 5) is 42.7. The predicted octanol–water partition coefficient (Wildman–Crippen LogP) is 12.1. The van der Waals surface area contributed by atoms with Gasteiger partial charge < -0.3 is 19.3 Å². The van der Waals surface area contributed by atoms with Crippen molar-refractivity contribution >= 4 is 19.8 Å². The number of hydrogen-bond acceptors (Lipinski definition) is 6. The van der Waals surface area contributed by atoms with E-state index in [0.717, 1.165) is 38.5 Å². The zero-order valence-corrected chi connectivity index (χ0v) is 33.3.